The number of nitrogens with zero attached hydrogens (tertiary/aromatic N) is 3. The molecule has 2 aliphatic heterocycles. The Bertz CT molecular complexity index is 601. The van der Waals surface area contributed by atoms with Crippen molar-refractivity contribution in [2.75, 3.05) is 39.8 Å². The van der Waals surface area contributed by atoms with Gasteiger partial charge in [-0.3, -0.25) is 15.1 Å². The molecule has 3 rings (SSSR count). The summed E-state index contributed by atoms with van der Waals surface area (Å²) in [6.45, 7) is 4.73. The van der Waals surface area contributed by atoms with Gasteiger partial charge in [0.05, 0.1) is 6.04 Å². The first-order valence-electron chi connectivity index (χ1n) is 9.45. The lowest BCUT2D eigenvalue weighted by molar-refractivity contribution is -0.128. The van der Waals surface area contributed by atoms with Gasteiger partial charge >= 0.3 is 6.03 Å². The Labute approximate surface area is 155 Å². The molecule has 1 aromatic carbocycles. The number of hydrogen-bond acceptors (Lipinski definition) is 4. The summed E-state index contributed by atoms with van der Waals surface area (Å²) in [5, 5.41) is 0. The van der Waals surface area contributed by atoms with E-state index >= 15 is 0 Å². The normalized spacial score (nSPS) is 22.0. The highest BCUT2D eigenvalue weighted by Crippen LogP contribution is 2.19. The third kappa shape index (κ3) is 4.95. The number of benzene rings is 1. The minimum atomic E-state index is -0.225. The number of hydrazine groups is 1. The molecule has 142 valence electrons. The number of carbonyl (C=O) groups excluding carboxylic acids is 2. The number of rotatable bonds is 3. The van der Waals surface area contributed by atoms with Crippen LogP contribution in [0.15, 0.2) is 30.3 Å². The maximum Gasteiger partial charge on any atom is 0.336 e. The first kappa shape index (κ1) is 18.7. The van der Waals surface area contributed by atoms with E-state index in [0.717, 1.165) is 45.4 Å². The van der Waals surface area contributed by atoms with Crippen molar-refractivity contribution < 1.29 is 9.59 Å². The average molecular weight is 359 g/mol. The van der Waals surface area contributed by atoms with Crippen molar-refractivity contribution in [3.05, 3.63) is 35.9 Å². The number of likely N-dealkylation sites (tertiary alicyclic amines) is 1. The fourth-order valence-electron chi connectivity index (χ4n) is 3.58. The summed E-state index contributed by atoms with van der Waals surface area (Å²) in [7, 11) is 2.04. The van der Waals surface area contributed by atoms with Gasteiger partial charge in [-0.2, -0.15) is 0 Å². The van der Waals surface area contributed by atoms with Crippen LogP contribution in [0.5, 0.6) is 0 Å². The Morgan fingerprint density at radius 2 is 1.73 bits per heavy atom. The van der Waals surface area contributed by atoms with Crippen LogP contribution in [0.25, 0.3) is 0 Å². The Hall–Kier alpha value is -2.12. The zero-order chi connectivity index (χ0) is 18.4. The van der Waals surface area contributed by atoms with Crippen LogP contribution in [0.4, 0.5) is 4.79 Å². The number of likely N-dealkylation sites (N-methyl/N-ethyl adjacent to an activating group) is 1. The topological polar surface area (TPSA) is 67.9 Å². The number of piperidine rings is 1. The molecular formula is C19H29N5O2. The lowest BCUT2D eigenvalue weighted by Crippen LogP contribution is -2.58. The van der Waals surface area contributed by atoms with Crippen molar-refractivity contribution in [3.8, 4) is 0 Å². The number of nitrogens with one attached hydrogen (secondary N) is 2. The second-order valence-electron chi connectivity index (χ2n) is 7.18. The molecule has 2 heterocycles. The minimum absolute atomic E-state index is 0.122. The first-order chi connectivity index (χ1) is 12.6. The van der Waals surface area contributed by atoms with E-state index in [4.69, 9.17) is 0 Å². The Morgan fingerprint density at radius 1 is 1.00 bits per heavy atom. The van der Waals surface area contributed by atoms with Gasteiger partial charge in [-0.05, 0) is 32.0 Å². The summed E-state index contributed by atoms with van der Waals surface area (Å²) in [5.74, 6) is -0.122. The van der Waals surface area contributed by atoms with Crippen LogP contribution in [0.1, 0.15) is 24.8 Å². The molecule has 2 fully saturated rings. The fraction of sp³-hybridized carbons (Fsp3) is 0.579. The van der Waals surface area contributed by atoms with E-state index in [0.29, 0.717) is 13.1 Å². The summed E-state index contributed by atoms with van der Waals surface area (Å²) in [6.07, 6.45) is 2.96. The highest BCUT2D eigenvalue weighted by molar-refractivity contribution is 5.84. The van der Waals surface area contributed by atoms with Gasteiger partial charge in [-0.25, -0.2) is 10.2 Å². The Balaban J connectivity index is 1.51. The highest BCUT2D eigenvalue weighted by atomic mass is 16.2. The van der Waals surface area contributed by atoms with Gasteiger partial charge < -0.3 is 9.80 Å². The van der Waals surface area contributed by atoms with Crippen molar-refractivity contribution in [3.63, 3.8) is 0 Å². The first-order valence-corrected chi connectivity index (χ1v) is 9.45. The molecule has 0 aliphatic carbocycles. The molecule has 2 N–H and O–H groups in total. The number of urea groups is 1. The minimum Gasteiger partial charge on any atom is -0.321 e. The largest absolute Gasteiger partial charge is 0.336 e. The molecule has 1 aromatic rings. The van der Waals surface area contributed by atoms with Crippen molar-refractivity contribution in [1.29, 1.82) is 0 Å². The average Bonchev–Trinajstić information content (AvgIpc) is 2.67. The quantitative estimate of drug-likeness (QED) is 0.791. The van der Waals surface area contributed by atoms with Crippen molar-refractivity contribution in [2.45, 2.75) is 31.8 Å². The number of piperazine rings is 1. The van der Waals surface area contributed by atoms with Crippen LogP contribution in [-0.2, 0) is 11.3 Å². The second kappa shape index (κ2) is 9.00. The zero-order valence-electron chi connectivity index (χ0n) is 15.5. The predicted octanol–water partition coefficient (Wildman–Crippen LogP) is 1.03. The predicted molar refractivity (Wildman–Crippen MR) is 100 cm³/mol. The summed E-state index contributed by atoms with van der Waals surface area (Å²) in [6, 6.07) is 9.78. The van der Waals surface area contributed by atoms with E-state index < -0.39 is 0 Å². The molecule has 3 amide bonds. The van der Waals surface area contributed by atoms with E-state index in [-0.39, 0.29) is 18.0 Å². The van der Waals surface area contributed by atoms with E-state index in [1.807, 2.05) is 25.2 Å². The smallest absolute Gasteiger partial charge is 0.321 e. The van der Waals surface area contributed by atoms with E-state index in [1.165, 1.54) is 5.56 Å². The highest BCUT2D eigenvalue weighted by Gasteiger charge is 2.29. The molecule has 7 heteroatoms. The standard InChI is InChI=1S/C19H29N5O2/c1-22-11-13-23(14-12-22)19(26)21-20-18(25)17-9-5-6-10-24(17)15-16-7-3-2-4-8-16/h2-4,7-8,17H,5-6,9-15H2,1H3,(H,20,25)(H,21,26). The maximum absolute atomic E-state index is 12.6. The van der Waals surface area contributed by atoms with E-state index in [1.54, 1.807) is 4.90 Å². The van der Waals surface area contributed by atoms with Crippen molar-refractivity contribution >= 4 is 11.9 Å². The molecular weight excluding hydrogens is 330 g/mol. The molecule has 7 nitrogen and oxygen atoms in total. The molecule has 0 radical (unpaired) electrons. The SMILES string of the molecule is CN1CCN(C(=O)NNC(=O)C2CCCCN2Cc2ccccc2)CC1. The molecule has 1 unspecified atom stereocenters. The molecule has 1 atom stereocenters. The Morgan fingerprint density at radius 3 is 2.46 bits per heavy atom. The van der Waals surface area contributed by atoms with Crippen molar-refractivity contribution in [2.24, 2.45) is 0 Å². The van der Waals surface area contributed by atoms with E-state index in [9.17, 15) is 9.59 Å². The molecule has 0 saturated carbocycles. The summed E-state index contributed by atoms with van der Waals surface area (Å²) in [4.78, 5) is 31.0. The maximum atomic E-state index is 12.6. The number of amides is 3. The van der Waals surface area contributed by atoms with Gasteiger partial charge in [0.1, 0.15) is 0 Å². The summed E-state index contributed by atoms with van der Waals surface area (Å²) < 4.78 is 0. The van der Waals surface area contributed by atoms with Crippen LogP contribution < -0.4 is 10.9 Å². The van der Waals surface area contributed by atoms with Gasteiger partial charge in [0.15, 0.2) is 0 Å². The fourth-order valence-corrected chi connectivity index (χ4v) is 3.58. The third-order valence-electron chi connectivity index (χ3n) is 5.23. The van der Waals surface area contributed by atoms with Gasteiger partial charge in [0.2, 0.25) is 0 Å². The van der Waals surface area contributed by atoms with Gasteiger partial charge in [-0.1, -0.05) is 36.8 Å². The van der Waals surface area contributed by atoms with Crippen LogP contribution in [0, 0.1) is 0 Å². The van der Waals surface area contributed by atoms with Crippen LogP contribution in [0.3, 0.4) is 0 Å². The molecule has 2 saturated heterocycles. The molecule has 2 aliphatic rings. The van der Waals surface area contributed by atoms with Crippen molar-refractivity contribution in [1.82, 2.24) is 25.6 Å². The van der Waals surface area contributed by atoms with Gasteiger partial charge in [-0.15, -0.1) is 0 Å². The number of carbonyl (C=O) groups is 2. The van der Waals surface area contributed by atoms with Crippen LogP contribution >= 0.6 is 0 Å². The molecule has 26 heavy (non-hydrogen) atoms. The molecule has 0 bridgehead atoms. The summed E-state index contributed by atoms with van der Waals surface area (Å²) in [5.41, 5.74) is 6.43. The third-order valence-corrected chi connectivity index (χ3v) is 5.23. The molecule has 0 aromatic heterocycles. The lowest BCUT2D eigenvalue weighted by atomic mass is 10.0. The summed E-state index contributed by atoms with van der Waals surface area (Å²) >= 11 is 0. The van der Waals surface area contributed by atoms with Gasteiger partial charge in [0, 0.05) is 32.7 Å². The monoisotopic (exact) mass is 359 g/mol. The molecule has 0 spiro atoms. The second-order valence-corrected chi connectivity index (χ2v) is 7.18. The van der Waals surface area contributed by atoms with Crippen LogP contribution in [-0.4, -0.2) is 72.5 Å². The Kier molecular flexibility index (Phi) is 6.46. The lowest BCUT2D eigenvalue weighted by Gasteiger charge is -2.35. The van der Waals surface area contributed by atoms with E-state index in [2.05, 4.69) is 32.8 Å². The zero-order valence-corrected chi connectivity index (χ0v) is 15.5. The number of hydrogen-bond donors (Lipinski definition) is 2. The van der Waals surface area contributed by atoms with Gasteiger partial charge in [0.25, 0.3) is 5.91 Å². The van der Waals surface area contributed by atoms with Crippen LogP contribution in [0.2, 0.25) is 0 Å².